The lowest BCUT2D eigenvalue weighted by molar-refractivity contribution is 0.0942. The molecule has 0 radical (unpaired) electrons. The molecule has 2 rings (SSSR count). The highest BCUT2D eigenvalue weighted by Crippen LogP contribution is 2.25. The number of carbonyl (C=O) groups is 1. The Balaban J connectivity index is 2.43. The molecule has 1 heterocycles. The van der Waals surface area contributed by atoms with Gasteiger partial charge in [-0.2, -0.15) is 0 Å². The number of ether oxygens (including phenoxy) is 1. The lowest BCUT2D eigenvalue weighted by atomic mass is 10.2. The normalized spacial score (nSPS) is 20.4. The van der Waals surface area contributed by atoms with Gasteiger partial charge in [-0.1, -0.05) is 0 Å². The monoisotopic (exact) mass is 193 g/mol. The van der Waals surface area contributed by atoms with E-state index in [0.717, 1.165) is 0 Å². The van der Waals surface area contributed by atoms with Crippen LogP contribution < -0.4 is 10.1 Å². The number of phenolic OH excluding ortho intramolecular Hbond substituents is 1. The van der Waals surface area contributed by atoms with Gasteiger partial charge >= 0.3 is 0 Å². The maximum atomic E-state index is 11.6. The first-order chi connectivity index (χ1) is 6.66. The summed E-state index contributed by atoms with van der Waals surface area (Å²) >= 11 is 0. The van der Waals surface area contributed by atoms with Crippen LogP contribution in [0.15, 0.2) is 18.2 Å². The number of amides is 1. The van der Waals surface area contributed by atoms with E-state index in [-0.39, 0.29) is 17.7 Å². The summed E-state index contributed by atoms with van der Waals surface area (Å²) in [5.74, 6) is 0.378. The van der Waals surface area contributed by atoms with E-state index in [1.54, 1.807) is 6.07 Å². The average molecular weight is 193 g/mol. The molecule has 4 nitrogen and oxygen atoms in total. The molecule has 4 heteroatoms. The molecule has 1 aliphatic heterocycles. The minimum Gasteiger partial charge on any atom is -0.508 e. The van der Waals surface area contributed by atoms with Crippen LogP contribution in [0.3, 0.4) is 0 Å². The van der Waals surface area contributed by atoms with Crippen molar-refractivity contribution in [2.75, 3.05) is 6.61 Å². The van der Waals surface area contributed by atoms with Gasteiger partial charge in [0.15, 0.2) is 0 Å². The third-order valence-corrected chi connectivity index (χ3v) is 2.08. The van der Waals surface area contributed by atoms with E-state index in [1.807, 2.05) is 6.92 Å². The van der Waals surface area contributed by atoms with Crippen molar-refractivity contribution in [1.82, 2.24) is 5.32 Å². The number of carbonyl (C=O) groups excluding carboxylic acids is 1. The molecule has 14 heavy (non-hydrogen) atoms. The zero-order valence-electron chi connectivity index (χ0n) is 7.78. The first-order valence-corrected chi connectivity index (χ1v) is 4.43. The molecule has 0 saturated carbocycles. The van der Waals surface area contributed by atoms with E-state index in [1.165, 1.54) is 12.1 Å². The van der Waals surface area contributed by atoms with Crippen molar-refractivity contribution in [3.8, 4) is 11.5 Å². The Morgan fingerprint density at radius 2 is 2.36 bits per heavy atom. The van der Waals surface area contributed by atoms with Crippen LogP contribution in [0.1, 0.15) is 17.3 Å². The number of hydrogen-bond acceptors (Lipinski definition) is 3. The molecule has 1 atom stereocenters. The summed E-state index contributed by atoms with van der Waals surface area (Å²) in [6.45, 7) is 2.28. The highest BCUT2D eigenvalue weighted by atomic mass is 16.5. The standard InChI is InChI=1S/C10H11NO3/c1-6-5-14-9-4-7(12)2-3-8(9)10(13)11-6/h2-4,6,12H,5H2,1H3,(H,11,13). The summed E-state index contributed by atoms with van der Waals surface area (Å²) in [6, 6.07) is 4.46. The maximum absolute atomic E-state index is 11.6. The molecule has 0 bridgehead atoms. The lowest BCUT2D eigenvalue weighted by Crippen LogP contribution is -2.33. The zero-order valence-corrected chi connectivity index (χ0v) is 7.78. The highest BCUT2D eigenvalue weighted by molar-refractivity contribution is 5.97. The van der Waals surface area contributed by atoms with Gasteiger partial charge in [0.25, 0.3) is 5.91 Å². The highest BCUT2D eigenvalue weighted by Gasteiger charge is 2.19. The SMILES string of the molecule is CC1COc2cc(O)ccc2C(=O)N1. The molecular weight excluding hydrogens is 182 g/mol. The summed E-state index contributed by atoms with van der Waals surface area (Å²) in [5.41, 5.74) is 0.465. The van der Waals surface area contributed by atoms with Gasteiger partial charge in [-0.05, 0) is 19.1 Å². The van der Waals surface area contributed by atoms with Gasteiger partial charge < -0.3 is 15.2 Å². The van der Waals surface area contributed by atoms with Crippen molar-refractivity contribution >= 4 is 5.91 Å². The quantitative estimate of drug-likeness (QED) is 0.643. The molecule has 74 valence electrons. The van der Waals surface area contributed by atoms with Crippen molar-refractivity contribution in [1.29, 1.82) is 0 Å². The summed E-state index contributed by atoms with van der Waals surface area (Å²) in [7, 11) is 0. The molecule has 2 N–H and O–H groups in total. The van der Waals surface area contributed by atoms with Gasteiger partial charge in [-0.25, -0.2) is 0 Å². The Kier molecular flexibility index (Phi) is 2.04. The van der Waals surface area contributed by atoms with Gasteiger partial charge in [0.1, 0.15) is 18.1 Å². The Bertz CT molecular complexity index is 376. The molecule has 0 saturated heterocycles. The largest absolute Gasteiger partial charge is 0.508 e. The Hall–Kier alpha value is -1.71. The Labute approximate surface area is 81.5 Å². The van der Waals surface area contributed by atoms with Crippen LogP contribution in [0.4, 0.5) is 0 Å². The van der Waals surface area contributed by atoms with Gasteiger partial charge in [0.2, 0.25) is 0 Å². The van der Waals surface area contributed by atoms with E-state index in [2.05, 4.69) is 5.32 Å². The van der Waals surface area contributed by atoms with E-state index in [9.17, 15) is 9.90 Å². The van der Waals surface area contributed by atoms with Crippen molar-refractivity contribution < 1.29 is 14.6 Å². The fourth-order valence-corrected chi connectivity index (χ4v) is 1.38. The molecule has 0 aliphatic carbocycles. The minimum absolute atomic E-state index is 0.0166. The molecule has 1 aromatic carbocycles. The molecular formula is C10H11NO3. The summed E-state index contributed by atoms with van der Waals surface area (Å²) < 4.78 is 5.37. The predicted molar refractivity (Wildman–Crippen MR) is 50.5 cm³/mol. The van der Waals surface area contributed by atoms with Gasteiger partial charge in [-0.3, -0.25) is 4.79 Å². The fraction of sp³-hybridized carbons (Fsp3) is 0.300. The minimum atomic E-state index is -0.162. The third-order valence-electron chi connectivity index (χ3n) is 2.08. The summed E-state index contributed by atoms with van der Waals surface area (Å²) in [6.07, 6.45) is 0. The van der Waals surface area contributed by atoms with Crippen LogP contribution in [-0.2, 0) is 0 Å². The third kappa shape index (κ3) is 1.51. The van der Waals surface area contributed by atoms with Gasteiger partial charge in [-0.15, -0.1) is 0 Å². The number of benzene rings is 1. The molecule has 1 aromatic rings. The molecule has 0 spiro atoms. The maximum Gasteiger partial charge on any atom is 0.255 e. The fourth-order valence-electron chi connectivity index (χ4n) is 1.38. The molecule has 1 amide bonds. The second kappa shape index (κ2) is 3.21. The first kappa shape index (κ1) is 8.87. The van der Waals surface area contributed by atoms with Crippen LogP contribution >= 0.6 is 0 Å². The Morgan fingerprint density at radius 1 is 1.57 bits per heavy atom. The van der Waals surface area contributed by atoms with Crippen LogP contribution in [0.5, 0.6) is 11.5 Å². The predicted octanol–water partition coefficient (Wildman–Crippen LogP) is 0.903. The van der Waals surface area contributed by atoms with E-state index >= 15 is 0 Å². The second-order valence-corrected chi connectivity index (χ2v) is 3.37. The van der Waals surface area contributed by atoms with Crippen molar-refractivity contribution in [2.24, 2.45) is 0 Å². The van der Waals surface area contributed by atoms with Gasteiger partial charge in [0, 0.05) is 6.07 Å². The summed E-state index contributed by atoms with van der Waals surface area (Å²) in [5, 5.41) is 12.0. The number of nitrogens with one attached hydrogen (secondary N) is 1. The van der Waals surface area contributed by atoms with Gasteiger partial charge in [0.05, 0.1) is 11.6 Å². The van der Waals surface area contributed by atoms with Crippen LogP contribution in [0, 0.1) is 0 Å². The molecule has 0 aromatic heterocycles. The number of phenols is 1. The van der Waals surface area contributed by atoms with E-state index < -0.39 is 0 Å². The lowest BCUT2D eigenvalue weighted by Gasteiger charge is -2.07. The zero-order chi connectivity index (χ0) is 10.1. The molecule has 1 aliphatic rings. The van der Waals surface area contributed by atoms with E-state index in [4.69, 9.17) is 4.74 Å². The topological polar surface area (TPSA) is 58.6 Å². The molecule has 1 unspecified atom stereocenters. The summed E-state index contributed by atoms with van der Waals surface area (Å²) in [4.78, 5) is 11.6. The first-order valence-electron chi connectivity index (χ1n) is 4.43. The van der Waals surface area contributed by atoms with Crippen molar-refractivity contribution in [2.45, 2.75) is 13.0 Å². The number of hydrogen-bond donors (Lipinski definition) is 2. The van der Waals surface area contributed by atoms with Crippen LogP contribution in [-0.4, -0.2) is 23.7 Å². The van der Waals surface area contributed by atoms with Crippen molar-refractivity contribution in [3.05, 3.63) is 23.8 Å². The molecule has 0 fully saturated rings. The van der Waals surface area contributed by atoms with Crippen LogP contribution in [0.2, 0.25) is 0 Å². The number of aromatic hydroxyl groups is 1. The average Bonchev–Trinajstić information content (AvgIpc) is 2.26. The van der Waals surface area contributed by atoms with Crippen LogP contribution in [0.25, 0.3) is 0 Å². The number of rotatable bonds is 0. The van der Waals surface area contributed by atoms with E-state index in [0.29, 0.717) is 17.9 Å². The number of fused-ring (bicyclic) bond motifs is 1. The van der Waals surface area contributed by atoms with Crippen molar-refractivity contribution in [3.63, 3.8) is 0 Å². The second-order valence-electron chi connectivity index (χ2n) is 3.37. The smallest absolute Gasteiger partial charge is 0.255 e. The Morgan fingerprint density at radius 3 is 3.14 bits per heavy atom.